The molecule has 0 saturated heterocycles. The Balaban J connectivity index is 2.97. The second-order valence-electron chi connectivity index (χ2n) is 3.87. The van der Waals surface area contributed by atoms with Crippen LogP contribution in [0.15, 0.2) is 18.2 Å². The average molecular weight is 268 g/mol. The van der Waals surface area contributed by atoms with Crippen LogP contribution in [0.3, 0.4) is 0 Å². The third-order valence-corrected chi connectivity index (χ3v) is 2.44. The van der Waals surface area contributed by atoms with E-state index < -0.39 is 17.8 Å². The van der Waals surface area contributed by atoms with E-state index in [9.17, 15) is 14.0 Å². The van der Waals surface area contributed by atoms with Gasteiger partial charge in [0, 0.05) is 0 Å². The fourth-order valence-corrected chi connectivity index (χ4v) is 1.49. The number of hydrogen-bond acceptors (Lipinski definition) is 4. The molecule has 0 unspecified atom stereocenters. The molecule has 0 spiro atoms. The zero-order valence-corrected chi connectivity index (χ0v) is 11.1. The molecule has 1 rings (SSSR count). The lowest BCUT2D eigenvalue weighted by atomic mass is 10.1. The first-order valence-electron chi connectivity index (χ1n) is 6.24. The number of unbranched alkanes of at least 4 members (excludes halogenated alkanes) is 1. The Labute approximate surface area is 111 Å². The quantitative estimate of drug-likeness (QED) is 0.588. The molecule has 0 radical (unpaired) electrons. The topological polar surface area (TPSA) is 52.6 Å². The SMILES string of the molecule is CCCCOC(=O)c1c(F)cccc1C(=O)OCC. The molecule has 0 aliphatic rings. The van der Waals surface area contributed by atoms with Gasteiger partial charge in [-0.05, 0) is 25.5 Å². The highest BCUT2D eigenvalue weighted by Crippen LogP contribution is 2.16. The lowest BCUT2D eigenvalue weighted by molar-refractivity contribution is 0.0458. The van der Waals surface area contributed by atoms with Crippen molar-refractivity contribution in [1.82, 2.24) is 0 Å². The predicted octanol–water partition coefficient (Wildman–Crippen LogP) is 2.96. The Bertz CT molecular complexity index is 457. The second-order valence-corrected chi connectivity index (χ2v) is 3.87. The van der Waals surface area contributed by atoms with Crippen molar-refractivity contribution in [3.05, 3.63) is 35.1 Å². The summed E-state index contributed by atoms with van der Waals surface area (Å²) in [5.74, 6) is -2.36. The number of carbonyl (C=O) groups excluding carboxylic acids is 2. The minimum absolute atomic E-state index is 0.108. The molecule has 0 atom stereocenters. The highest BCUT2D eigenvalue weighted by atomic mass is 19.1. The van der Waals surface area contributed by atoms with E-state index in [1.165, 1.54) is 12.1 Å². The van der Waals surface area contributed by atoms with Crippen molar-refractivity contribution in [1.29, 1.82) is 0 Å². The van der Waals surface area contributed by atoms with Crippen molar-refractivity contribution in [2.75, 3.05) is 13.2 Å². The molecule has 19 heavy (non-hydrogen) atoms. The van der Waals surface area contributed by atoms with Gasteiger partial charge in [-0.1, -0.05) is 19.4 Å². The molecule has 0 aromatic heterocycles. The van der Waals surface area contributed by atoms with Crippen LogP contribution in [0.5, 0.6) is 0 Å². The van der Waals surface area contributed by atoms with Gasteiger partial charge in [0.2, 0.25) is 0 Å². The summed E-state index contributed by atoms with van der Waals surface area (Å²) >= 11 is 0. The average Bonchev–Trinajstić information content (AvgIpc) is 2.38. The predicted molar refractivity (Wildman–Crippen MR) is 67.5 cm³/mol. The van der Waals surface area contributed by atoms with E-state index in [1.807, 2.05) is 6.92 Å². The molecule has 0 bridgehead atoms. The van der Waals surface area contributed by atoms with E-state index in [4.69, 9.17) is 9.47 Å². The van der Waals surface area contributed by atoms with Crippen LogP contribution in [0.1, 0.15) is 47.4 Å². The fraction of sp³-hybridized carbons (Fsp3) is 0.429. The number of hydrogen-bond donors (Lipinski definition) is 0. The second kappa shape index (κ2) is 7.51. The molecule has 5 heteroatoms. The van der Waals surface area contributed by atoms with Crippen molar-refractivity contribution < 1.29 is 23.5 Å². The maximum atomic E-state index is 13.7. The van der Waals surface area contributed by atoms with Gasteiger partial charge in [0.15, 0.2) is 0 Å². The van der Waals surface area contributed by atoms with Crippen LogP contribution in [0.25, 0.3) is 0 Å². The van der Waals surface area contributed by atoms with Crippen molar-refractivity contribution in [2.45, 2.75) is 26.7 Å². The zero-order valence-electron chi connectivity index (χ0n) is 11.1. The molecule has 104 valence electrons. The molecular formula is C14H17FO4. The summed E-state index contributed by atoms with van der Waals surface area (Å²) in [6.07, 6.45) is 1.55. The maximum Gasteiger partial charge on any atom is 0.342 e. The monoisotopic (exact) mass is 268 g/mol. The first kappa shape index (κ1) is 15.1. The number of esters is 2. The molecule has 0 N–H and O–H groups in total. The third kappa shape index (κ3) is 4.05. The summed E-state index contributed by atoms with van der Waals surface area (Å²) in [5, 5.41) is 0. The molecule has 0 saturated carbocycles. The van der Waals surface area contributed by atoms with E-state index >= 15 is 0 Å². The van der Waals surface area contributed by atoms with E-state index in [0.717, 1.165) is 12.5 Å². The first-order valence-corrected chi connectivity index (χ1v) is 6.24. The highest BCUT2D eigenvalue weighted by molar-refractivity contribution is 6.03. The van der Waals surface area contributed by atoms with Crippen LogP contribution >= 0.6 is 0 Å². The van der Waals surface area contributed by atoms with Crippen molar-refractivity contribution >= 4 is 11.9 Å². The van der Waals surface area contributed by atoms with Gasteiger partial charge < -0.3 is 9.47 Å². The Hall–Kier alpha value is -1.91. The smallest absolute Gasteiger partial charge is 0.342 e. The summed E-state index contributed by atoms with van der Waals surface area (Å²) in [4.78, 5) is 23.5. The largest absolute Gasteiger partial charge is 0.462 e. The minimum Gasteiger partial charge on any atom is -0.462 e. The molecule has 0 aliphatic carbocycles. The van der Waals surface area contributed by atoms with Gasteiger partial charge in [-0.15, -0.1) is 0 Å². The lowest BCUT2D eigenvalue weighted by Crippen LogP contribution is -2.16. The number of halogens is 1. The maximum absolute atomic E-state index is 13.7. The Morgan fingerprint density at radius 1 is 1.16 bits per heavy atom. The number of ether oxygens (including phenoxy) is 2. The van der Waals surface area contributed by atoms with Gasteiger partial charge in [0.25, 0.3) is 0 Å². The molecule has 0 amide bonds. The van der Waals surface area contributed by atoms with E-state index in [2.05, 4.69) is 0 Å². The summed E-state index contributed by atoms with van der Waals surface area (Å²) in [5.41, 5.74) is -0.472. The van der Waals surface area contributed by atoms with Gasteiger partial charge in [-0.25, -0.2) is 14.0 Å². The first-order chi connectivity index (χ1) is 9.11. The molecule has 1 aromatic carbocycles. The Kier molecular flexibility index (Phi) is 5.99. The standard InChI is InChI=1S/C14H17FO4/c1-3-5-9-19-14(17)12-10(13(16)18-4-2)7-6-8-11(12)15/h6-8H,3-5,9H2,1-2H3. The van der Waals surface area contributed by atoms with Crippen LogP contribution < -0.4 is 0 Å². The highest BCUT2D eigenvalue weighted by Gasteiger charge is 2.23. The van der Waals surface area contributed by atoms with Crippen molar-refractivity contribution in [3.8, 4) is 0 Å². The number of rotatable bonds is 6. The van der Waals surface area contributed by atoms with Crippen LogP contribution in [0.4, 0.5) is 4.39 Å². The number of carbonyl (C=O) groups is 2. The zero-order chi connectivity index (χ0) is 14.3. The number of benzene rings is 1. The molecular weight excluding hydrogens is 251 g/mol. The van der Waals surface area contributed by atoms with E-state index in [1.54, 1.807) is 6.92 Å². The summed E-state index contributed by atoms with van der Waals surface area (Å²) < 4.78 is 23.4. The molecule has 1 aromatic rings. The Morgan fingerprint density at radius 2 is 1.89 bits per heavy atom. The van der Waals surface area contributed by atoms with Gasteiger partial charge in [0.1, 0.15) is 11.4 Å². The van der Waals surface area contributed by atoms with Crippen LogP contribution in [0, 0.1) is 5.82 Å². The van der Waals surface area contributed by atoms with E-state index in [-0.39, 0.29) is 24.3 Å². The van der Waals surface area contributed by atoms with Gasteiger partial charge in [-0.2, -0.15) is 0 Å². The molecule has 4 nitrogen and oxygen atoms in total. The van der Waals surface area contributed by atoms with Gasteiger partial charge in [0.05, 0.1) is 18.8 Å². The van der Waals surface area contributed by atoms with Gasteiger partial charge in [-0.3, -0.25) is 0 Å². The fourth-order valence-electron chi connectivity index (χ4n) is 1.49. The molecule has 0 heterocycles. The lowest BCUT2D eigenvalue weighted by Gasteiger charge is -2.09. The third-order valence-electron chi connectivity index (χ3n) is 2.44. The van der Waals surface area contributed by atoms with E-state index in [0.29, 0.717) is 6.42 Å². The summed E-state index contributed by atoms with van der Waals surface area (Å²) in [6.45, 7) is 3.93. The van der Waals surface area contributed by atoms with Crippen molar-refractivity contribution in [3.63, 3.8) is 0 Å². The van der Waals surface area contributed by atoms with Crippen LogP contribution in [-0.4, -0.2) is 25.2 Å². The normalized spacial score (nSPS) is 10.1. The Morgan fingerprint density at radius 3 is 2.53 bits per heavy atom. The summed E-state index contributed by atoms with van der Waals surface area (Å²) in [7, 11) is 0. The van der Waals surface area contributed by atoms with Crippen molar-refractivity contribution in [2.24, 2.45) is 0 Å². The summed E-state index contributed by atoms with van der Waals surface area (Å²) in [6, 6.07) is 3.81. The van der Waals surface area contributed by atoms with Crippen LogP contribution in [-0.2, 0) is 9.47 Å². The molecule has 0 aliphatic heterocycles. The molecule has 0 fully saturated rings. The van der Waals surface area contributed by atoms with Crippen LogP contribution in [0.2, 0.25) is 0 Å². The minimum atomic E-state index is -0.838. The van der Waals surface area contributed by atoms with Gasteiger partial charge >= 0.3 is 11.9 Å².